The van der Waals surface area contributed by atoms with E-state index in [4.69, 9.17) is 17.3 Å². The van der Waals surface area contributed by atoms with Crippen LogP contribution in [0.5, 0.6) is 0 Å². The van der Waals surface area contributed by atoms with E-state index in [0.29, 0.717) is 10.0 Å². The summed E-state index contributed by atoms with van der Waals surface area (Å²) in [7, 11) is 0. The zero-order valence-corrected chi connectivity index (χ0v) is 13.3. The highest BCUT2D eigenvalue weighted by molar-refractivity contribution is 9.10. The normalized spacial score (nSPS) is 18.5. The summed E-state index contributed by atoms with van der Waals surface area (Å²) in [5, 5.41) is 0.130. The third kappa shape index (κ3) is 3.93. The highest BCUT2D eigenvalue weighted by Gasteiger charge is 2.19. The number of halogens is 3. The largest absolute Gasteiger partial charge is 0.324 e. The average molecular weight is 349 g/mol. The van der Waals surface area contributed by atoms with Crippen LogP contribution in [0.2, 0.25) is 5.02 Å². The van der Waals surface area contributed by atoms with Crippen LogP contribution >= 0.6 is 27.5 Å². The van der Waals surface area contributed by atoms with E-state index in [1.165, 1.54) is 32.1 Å². The highest BCUT2D eigenvalue weighted by Crippen LogP contribution is 2.33. The Kier molecular flexibility index (Phi) is 5.67. The molecule has 1 aromatic carbocycles. The van der Waals surface area contributed by atoms with Gasteiger partial charge < -0.3 is 5.73 Å². The summed E-state index contributed by atoms with van der Waals surface area (Å²) in [5.41, 5.74) is 6.65. The van der Waals surface area contributed by atoms with Gasteiger partial charge in [-0.2, -0.15) is 0 Å². The molecule has 1 aliphatic carbocycles. The van der Waals surface area contributed by atoms with Gasteiger partial charge in [-0.25, -0.2) is 4.39 Å². The van der Waals surface area contributed by atoms with E-state index in [1.54, 1.807) is 12.1 Å². The van der Waals surface area contributed by atoms with Crippen LogP contribution in [-0.2, 0) is 0 Å². The molecular formula is C15H20BrClFN. The van der Waals surface area contributed by atoms with Crippen molar-refractivity contribution in [3.63, 3.8) is 0 Å². The molecule has 1 fully saturated rings. The molecule has 2 rings (SSSR count). The Morgan fingerprint density at radius 3 is 2.68 bits per heavy atom. The molecule has 0 aliphatic heterocycles. The summed E-state index contributed by atoms with van der Waals surface area (Å²) in [4.78, 5) is 0. The molecule has 0 aromatic heterocycles. The van der Waals surface area contributed by atoms with Crippen LogP contribution < -0.4 is 5.73 Å². The van der Waals surface area contributed by atoms with Crippen molar-refractivity contribution >= 4 is 27.5 Å². The lowest BCUT2D eigenvalue weighted by molar-refractivity contribution is 0.323. The molecule has 4 heteroatoms. The second kappa shape index (κ2) is 7.05. The first kappa shape index (κ1) is 15.3. The quantitative estimate of drug-likeness (QED) is 0.704. The fourth-order valence-electron chi connectivity index (χ4n) is 2.87. The number of benzene rings is 1. The van der Waals surface area contributed by atoms with Crippen LogP contribution in [0, 0.1) is 11.7 Å². The van der Waals surface area contributed by atoms with Crippen molar-refractivity contribution in [3.05, 3.63) is 33.0 Å². The van der Waals surface area contributed by atoms with Crippen molar-refractivity contribution in [2.75, 3.05) is 0 Å². The minimum Gasteiger partial charge on any atom is -0.324 e. The maximum Gasteiger partial charge on any atom is 0.147 e. The van der Waals surface area contributed by atoms with E-state index in [2.05, 4.69) is 15.9 Å². The molecule has 0 spiro atoms. The molecule has 2 N–H and O–H groups in total. The highest BCUT2D eigenvalue weighted by atomic mass is 79.9. The molecule has 1 unspecified atom stereocenters. The van der Waals surface area contributed by atoms with Gasteiger partial charge in [0.25, 0.3) is 0 Å². The van der Waals surface area contributed by atoms with E-state index < -0.39 is 0 Å². The first-order valence-corrected chi connectivity index (χ1v) is 8.15. The van der Waals surface area contributed by atoms with E-state index >= 15 is 0 Å². The predicted octanol–water partition coefficient (Wildman–Crippen LogP) is 5.60. The van der Waals surface area contributed by atoms with Crippen molar-refractivity contribution in [1.29, 1.82) is 0 Å². The monoisotopic (exact) mass is 347 g/mol. The lowest BCUT2D eigenvalue weighted by Gasteiger charge is -2.23. The molecule has 0 saturated heterocycles. The Labute approximate surface area is 127 Å². The number of hydrogen-bond donors (Lipinski definition) is 1. The van der Waals surface area contributed by atoms with Crippen LogP contribution in [0.4, 0.5) is 4.39 Å². The zero-order chi connectivity index (χ0) is 13.8. The van der Waals surface area contributed by atoms with Crippen molar-refractivity contribution in [2.45, 2.75) is 51.0 Å². The summed E-state index contributed by atoms with van der Waals surface area (Å²) in [6.45, 7) is 0. The third-order valence-electron chi connectivity index (χ3n) is 4.08. The molecule has 19 heavy (non-hydrogen) atoms. The summed E-state index contributed by atoms with van der Waals surface area (Å²) < 4.78 is 14.6. The molecular weight excluding hydrogens is 329 g/mol. The van der Waals surface area contributed by atoms with Gasteiger partial charge in [-0.15, -0.1) is 0 Å². The Morgan fingerprint density at radius 1 is 1.32 bits per heavy atom. The fourth-order valence-corrected chi connectivity index (χ4v) is 3.35. The molecule has 1 saturated carbocycles. The third-order valence-corrected chi connectivity index (χ3v) is 5.33. The van der Waals surface area contributed by atoms with Gasteiger partial charge in [-0.1, -0.05) is 49.8 Å². The Morgan fingerprint density at radius 2 is 2.00 bits per heavy atom. The Hall–Kier alpha value is -0.120. The molecule has 1 aromatic rings. The standard InChI is InChI=1S/C15H20BrClFN/c16-12-8-7-11(15(18)14(12)17)13(19)9-6-10-4-2-1-3-5-10/h7-8,10,13H,1-6,9,19H2. The lowest BCUT2D eigenvalue weighted by atomic mass is 9.84. The Bertz CT molecular complexity index is 432. The topological polar surface area (TPSA) is 26.0 Å². The van der Waals surface area contributed by atoms with Crippen molar-refractivity contribution in [3.8, 4) is 0 Å². The van der Waals surface area contributed by atoms with Gasteiger partial charge in [0.05, 0.1) is 5.02 Å². The smallest absolute Gasteiger partial charge is 0.147 e. The SMILES string of the molecule is NC(CCC1CCCCC1)c1ccc(Br)c(Cl)c1F. The predicted molar refractivity (Wildman–Crippen MR) is 81.8 cm³/mol. The zero-order valence-electron chi connectivity index (χ0n) is 11.0. The second-order valence-electron chi connectivity index (χ2n) is 5.45. The molecule has 0 radical (unpaired) electrons. The van der Waals surface area contributed by atoms with Gasteiger partial charge in [-0.05, 0) is 40.8 Å². The second-order valence-corrected chi connectivity index (χ2v) is 6.68. The van der Waals surface area contributed by atoms with E-state index in [0.717, 1.165) is 18.8 Å². The van der Waals surface area contributed by atoms with Gasteiger partial charge in [0.15, 0.2) is 0 Å². The maximum absolute atomic E-state index is 14.0. The maximum atomic E-state index is 14.0. The minimum atomic E-state index is -0.382. The molecule has 1 nitrogen and oxygen atoms in total. The molecule has 106 valence electrons. The lowest BCUT2D eigenvalue weighted by Crippen LogP contribution is -2.15. The van der Waals surface area contributed by atoms with E-state index in [-0.39, 0.29) is 16.9 Å². The van der Waals surface area contributed by atoms with Gasteiger partial charge in [0.1, 0.15) is 5.82 Å². The first-order chi connectivity index (χ1) is 9.09. The van der Waals surface area contributed by atoms with Crippen molar-refractivity contribution in [2.24, 2.45) is 11.7 Å². The van der Waals surface area contributed by atoms with Crippen LogP contribution in [0.15, 0.2) is 16.6 Å². The molecule has 1 aliphatic rings. The fraction of sp³-hybridized carbons (Fsp3) is 0.600. The first-order valence-electron chi connectivity index (χ1n) is 6.98. The summed E-state index contributed by atoms with van der Waals surface area (Å²) in [6, 6.07) is 3.24. The molecule has 0 amide bonds. The van der Waals surface area contributed by atoms with Gasteiger partial charge in [0.2, 0.25) is 0 Å². The number of nitrogens with two attached hydrogens (primary N) is 1. The van der Waals surface area contributed by atoms with Crippen LogP contribution in [0.1, 0.15) is 56.6 Å². The summed E-state index contributed by atoms with van der Waals surface area (Å²) >= 11 is 9.12. The van der Waals surface area contributed by atoms with Gasteiger partial charge >= 0.3 is 0 Å². The van der Waals surface area contributed by atoms with Crippen molar-refractivity contribution < 1.29 is 4.39 Å². The summed E-state index contributed by atoms with van der Waals surface area (Å²) in [6.07, 6.45) is 8.55. The van der Waals surface area contributed by atoms with E-state index in [9.17, 15) is 4.39 Å². The minimum absolute atomic E-state index is 0.130. The summed E-state index contributed by atoms with van der Waals surface area (Å²) in [5.74, 6) is 0.390. The number of rotatable bonds is 4. The molecule has 0 heterocycles. The Balaban J connectivity index is 1.95. The van der Waals surface area contributed by atoms with Crippen molar-refractivity contribution in [1.82, 2.24) is 0 Å². The van der Waals surface area contributed by atoms with E-state index in [1.807, 2.05) is 0 Å². The van der Waals surface area contributed by atoms with Crippen LogP contribution in [0.3, 0.4) is 0 Å². The van der Waals surface area contributed by atoms with Crippen LogP contribution in [-0.4, -0.2) is 0 Å². The molecule has 1 atom stereocenters. The average Bonchev–Trinajstić information content (AvgIpc) is 2.43. The van der Waals surface area contributed by atoms with Gasteiger partial charge in [0, 0.05) is 16.1 Å². The van der Waals surface area contributed by atoms with Crippen LogP contribution in [0.25, 0.3) is 0 Å². The molecule has 0 bridgehead atoms. The van der Waals surface area contributed by atoms with Gasteiger partial charge in [-0.3, -0.25) is 0 Å². The number of hydrogen-bond acceptors (Lipinski definition) is 1.